The van der Waals surface area contributed by atoms with Crippen LogP contribution in [0, 0.1) is 5.41 Å². The van der Waals surface area contributed by atoms with Crippen molar-refractivity contribution in [1.29, 1.82) is 5.41 Å². The molecule has 1 aliphatic rings. The number of hydrogen-bond donors (Lipinski definition) is 6. The molecule has 0 saturated carbocycles. The predicted molar refractivity (Wildman–Crippen MR) is 160 cm³/mol. The molecule has 0 radical (unpaired) electrons. The molecule has 3 atom stereocenters. The first-order valence-corrected chi connectivity index (χ1v) is 14.6. The van der Waals surface area contributed by atoms with Crippen molar-refractivity contribution in [1.82, 2.24) is 25.8 Å². The fourth-order valence-corrected chi connectivity index (χ4v) is 6.18. The van der Waals surface area contributed by atoms with Gasteiger partial charge in [0.05, 0.1) is 33.9 Å². The minimum atomic E-state index is -1.07. The lowest BCUT2D eigenvalue weighted by molar-refractivity contribution is -0.134. The number of carbonyl (C=O) groups is 4. The van der Waals surface area contributed by atoms with E-state index >= 15 is 0 Å². The number of benzene rings is 2. The van der Waals surface area contributed by atoms with Crippen molar-refractivity contribution < 1.29 is 24.3 Å². The molecule has 2 heterocycles. The van der Waals surface area contributed by atoms with Gasteiger partial charge in [0.1, 0.15) is 0 Å². The van der Waals surface area contributed by atoms with E-state index in [1.807, 2.05) is 35.2 Å². The van der Waals surface area contributed by atoms with Gasteiger partial charge in [0.25, 0.3) is 0 Å². The van der Waals surface area contributed by atoms with E-state index in [4.69, 9.17) is 11.1 Å². The molecule has 7 N–H and O–H groups in total. The number of hydrogen-bond acceptors (Lipinski definition) is 9. The third-order valence-corrected chi connectivity index (χ3v) is 8.34. The number of fused-ring (bicyclic) bond motifs is 1. The van der Waals surface area contributed by atoms with E-state index in [1.54, 1.807) is 13.1 Å². The molecule has 2 amide bonds. The molecule has 1 fully saturated rings. The normalized spacial score (nSPS) is 16.5. The molecule has 12 nitrogen and oxygen atoms in total. The maximum absolute atomic E-state index is 13.9. The van der Waals surface area contributed by atoms with Crippen LogP contribution in [-0.2, 0) is 16.0 Å². The summed E-state index contributed by atoms with van der Waals surface area (Å²) in [6, 6.07) is 12.0. The molecule has 1 saturated heterocycles. The Balaban J connectivity index is 1.52. The predicted octanol–water partition coefficient (Wildman–Crippen LogP) is 1.75. The topological polar surface area (TPSA) is 191 Å². The van der Waals surface area contributed by atoms with Crippen LogP contribution >= 0.6 is 11.3 Å². The summed E-state index contributed by atoms with van der Waals surface area (Å²) in [4.78, 5) is 58.1. The Morgan fingerprint density at radius 1 is 1.19 bits per heavy atom. The van der Waals surface area contributed by atoms with Gasteiger partial charge in [0.15, 0.2) is 11.0 Å². The SMILES string of the molecule is CN[C@H](Cc1ccccc1)C(=O)NC(=O)[C@@H]1CCCN1[C@@H](CCCNC(=N)N)C(=O)c1nc2ccc(C(=O)O)cc2s1. The van der Waals surface area contributed by atoms with Crippen molar-refractivity contribution in [2.24, 2.45) is 5.73 Å². The second-order valence-electron chi connectivity index (χ2n) is 10.1. The van der Waals surface area contributed by atoms with Gasteiger partial charge in [-0.1, -0.05) is 30.3 Å². The Hall–Kier alpha value is -4.20. The maximum Gasteiger partial charge on any atom is 0.335 e. The lowest BCUT2D eigenvalue weighted by Gasteiger charge is -2.31. The Kier molecular flexibility index (Phi) is 10.3. The smallest absolute Gasteiger partial charge is 0.335 e. The molecule has 4 rings (SSSR count). The van der Waals surface area contributed by atoms with Crippen LogP contribution in [0.4, 0.5) is 0 Å². The third-order valence-electron chi connectivity index (χ3n) is 7.31. The van der Waals surface area contributed by atoms with Gasteiger partial charge in [-0.3, -0.25) is 30.0 Å². The van der Waals surface area contributed by atoms with Gasteiger partial charge >= 0.3 is 5.97 Å². The number of likely N-dealkylation sites (N-methyl/N-ethyl adjacent to an activating group) is 1. The van der Waals surface area contributed by atoms with E-state index in [-0.39, 0.29) is 22.3 Å². The summed E-state index contributed by atoms with van der Waals surface area (Å²) in [7, 11) is 1.67. The highest BCUT2D eigenvalue weighted by molar-refractivity contribution is 7.20. The number of carboxylic acid groups (broad SMARTS) is 1. The van der Waals surface area contributed by atoms with Gasteiger partial charge in [-0.2, -0.15) is 0 Å². The van der Waals surface area contributed by atoms with Crippen LogP contribution in [0.15, 0.2) is 48.5 Å². The number of nitrogens with two attached hydrogens (primary N) is 1. The molecule has 3 aromatic rings. The number of likely N-dealkylation sites (tertiary alicyclic amines) is 1. The Morgan fingerprint density at radius 2 is 1.95 bits per heavy atom. The van der Waals surface area contributed by atoms with E-state index in [1.165, 1.54) is 12.1 Å². The second-order valence-corrected chi connectivity index (χ2v) is 11.2. The Morgan fingerprint density at radius 3 is 2.64 bits per heavy atom. The van der Waals surface area contributed by atoms with Crippen LogP contribution in [-0.4, -0.2) is 82.8 Å². The monoisotopic (exact) mass is 593 g/mol. The number of aromatic carboxylic acids is 1. The first-order valence-electron chi connectivity index (χ1n) is 13.8. The third kappa shape index (κ3) is 7.55. The molecule has 0 spiro atoms. The second kappa shape index (κ2) is 14.1. The molecule has 2 aromatic carbocycles. The average Bonchev–Trinajstić information content (AvgIpc) is 3.63. The lowest BCUT2D eigenvalue weighted by atomic mass is 10.0. The number of aromatic nitrogens is 1. The number of nitrogens with one attached hydrogen (secondary N) is 4. The van der Waals surface area contributed by atoms with Gasteiger partial charge < -0.3 is 21.5 Å². The number of ketones is 1. The summed E-state index contributed by atoms with van der Waals surface area (Å²) in [6.07, 6.45) is 2.42. The molecule has 0 bridgehead atoms. The molecular weight excluding hydrogens is 558 g/mol. The number of carboxylic acids is 1. The van der Waals surface area contributed by atoms with Crippen LogP contribution < -0.4 is 21.7 Å². The van der Waals surface area contributed by atoms with E-state index < -0.39 is 35.9 Å². The van der Waals surface area contributed by atoms with E-state index in [0.29, 0.717) is 55.4 Å². The van der Waals surface area contributed by atoms with Crippen molar-refractivity contribution in [3.05, 3.63) is 64.7 Å². The van der Waals surface area contributed by atoms with E-state index in [2.05, 4.69) is 20.9 Å². The minimum absolute atomic E-state index is 0.102. The average molecular weight is 594 g/mol. The van der Waals surface area contributed by atoms with Gasteiger partial charge in [0, 0.05) is 6.54 Å². The molecule has 13 heteroatoms. The number of amides is 2. The molecule has 0 aliphatic carbocycles. The number of nitrogens with zero attached hydrogens (tertiary/aromatic N) is 2. The number of imide groups is 1. The minimum Gasteiger partial charge on any atom is -0.478 e. The van der Waals surface area contributed by atoms with Gasteiger partial charge in [-0.15, -0.1) is 11.3 Å². The quantitative estimate of drug-likeness (QED) is 0.0737. The van der Waals surface area contributed by atoms with Gasteiger partial charge in [-0.05, 0) is 69.5 Å². The van der Waals surface area contributed by atoms with Crippen LogP contribution in [0.5, 0.6) is 0 Å². The molecule has 1 aliphatic heterocycles. The van der Waals surface area contributed by atoms with Crippen molar-refractivity contribution >= 4 is 51.1 Å². The molecule has 0 unspecified atom stereocenters. The first kappa shape index (κ1) is 30.8. The molecule has 222 valence electrons. The zero-order valence-electron chi connectivity index (χ0n) is 23.3. The number of Topliss-reactive ketones (excluding diaryl/α,β-unsaturated/α-hetero) is 1. The van der Waals surface area contributed by atoms with Gasteiger partial charge in [-0.25, -0.2) is 9.78 Å². The van der Waals surface area contributed by atoms with Crippen molar-refractivity contribution in [2.75, 3.05) is 20.1 Å². The zero-order valence-corrected chi connectivity index (χ0v) is 24.1. The summed E-state index contributed by atoms with van der Waals surface area (Å²) in [5.41, 5.74) is 6.98. The highest BCUT2D eigenvalue weighted by Crippen LogP contribution is 2.29. The van der Waals surface area contributed by atoms with E-state index in [9.17, 15) is 24.3 Å². The van der Waals surface area contributed by atoms with E-state index in [0.717, 1.165) is 16.9 Å². The van der Waals surface area contributed by atoms with Crippen molar-refractivity contribution in [2.45, 2.75) is 50.2 Å². The van der Waals surface area contributed by atoms with Crippen LogP contribution in [0.3, 0.4) is 0 Å². The number of rotatable bonds is 13. The van der Waals surface area contributed by atoms with Crippen molar-refractivity contribution in [3.8, 4) is 0 Å². The first-order chi connectivity index (χ1) is 20.2. The zero-order chi connectivity index (χ0) is 30.2. The number of guanidine groups is 1. The Bertz CT molecular complexity index is 1460. The largest absolute Gasteiger partial charge is 0.478 e. The maximum atomic E-state index is 13.9. The molecule has 42 heavy (non-hydrogen) atoms. The lowest BCUT2D eigenvalue weighted by Crippen LogP contribution is -2.54. The van der Waals surface area contributed by atoms with Crippen LogP contribution in [0.1, 0.15) is 51.4 Å². The van der Waals surface area contributed by atoms with Crippen LogP contribution in [0.25, 0.3) is 10.2 Å². The number of carbonyl (C=O) groups excluding carboxylic acids is 3. The van der Waals surface area contributed by atoms with Crippen LogP contribution in [0.2, 0.25) is 0 Å². The fourth-order valence-electron chi connectivity index (χ4n) is 5.18. The summed E-state index contributed by atoms with van der Waals surface area (Å²) >= 11 is 1.11. The highest BCUT2D eigenvalue weighted by Gasteiger charge is 2.40. The molecule has 1 aromatic heterocycles. The standard InChI is InChI=1S/C29H35N7O5S/c1-32-20(15-17-7-3-2-4-8-17)25(38)35-26(39)22-10-6-14-36(22)21(9-5-13-33-29(30)31)24(37)27-34-19-12-11-18(28(40)41)16-23(19)42-27/h2-4,7-8,11-12,16,20-22,32H,5-6,9-10,13-15H2,1H3,(H,40,41)(H4,30,31,33)(H,35,38,39)/t20-,21+,22+/m1/s1. The van der Waals surface area contributed by atoms with Crippen molar-refractivity contribution in [3.63, 3.8) is 0 Å². The summed E-state index contributed by atoms with van der Waals surface area (Å²) in [6.45, 7) is 0.851. The summed E-state index contributed by atoms with van der Waals surface area (Å²) in [5, 5.41) is 25.2. The highest BCUT2D eigenvalue weighted by atomic mass is 32.1. The van der Waals surface area contributed by atoms with Gasteiger partial charge in [0.2, 0.25) is 17.6 Å². The molecular formula is C29H35N7O5S. The number of thiazole rings is 1. The fraction of sp³-hybridized carbons (Fsp3) is 0.379. The summed E-state index contributed by atoms with van der Waals surface area (Å²) < 4.78 is 0.577. The summed E-state index contributed by atoms with van der Waals surface area (Å²) in [5.74, 6) is -2.42. The Labute approximate surface area is 247 Å².